The van der Waals surface area contributed by atoms with E-state index in [-0.39, 0.29) is 5.41 Å². The Kier molecular flexibility index (Phi) is 5.64. The van der Waals surface area contributed by atoms with Gasteiger partial charge in [-0.05, 0) is 68.3 Å². The van der Waals surface area contributed by atoms with Crippen molar-refractivity contribution in [1.29, 1.82) is 5.26 Å². The molecular weight excluding hydrogens is 400 g/mol. The quantitative estimate of drug-likeness (QED) is 0.580. The Morgan fingerprint density at radius 1 is 1.19 bits per heavy atom. The van der Waals surface area contributed by atoms with Crippen LogP contribution in [0.1, 0.15) is 50.2 Å². The van der Waals surface area contributed by atoms with Gasteiger partial charge in [0, 0.05) is 24.7 Å². The lowest BCUT2D eigenvalue weighted by molar-refractivity contribution is -0.0591. The summed E-state index contributed by atoms with van der Waals surface area (Å²) in [5.41, 5.74) is 8.32. The molecule has 0 radical (unpaired) electrons. The van der Waals surface area contributed by atoms with Crippen LogP contribution in [0.15, 0.2) is 30.5 Å². The lowest BCUT2D eigenvalue weighted by Crippen LogP contribution is -2.58. The number of nitrogens with two attached hydrogens (primary N) is 1. The maximum atomic E-state index is 9.58. The highest BCUT2D eigenvalue weighted by Crippen LogP contribution is 2.59. The van der Waals surface area contributed by atoms with Crippen LogP contribution in [0.3, 0.4) is 0 Å². The molecule has 4 bridgehead atoms. The van der Waals surface area contributed by atoms with Crippen molar-refractivity contribution in [3.05, 3.63) is 41.6 Å². The lowest BCUT2D eigenvalue weighted by Gasteiger charge is -2.59. The van der Waals surface area contributed by atoms with Crippen molar-refractivity contribution in [3.63, 3.8) is 0 Å². The van der Waals surface area contributed by atoms with Crippen LogP contribution in [0.2, 0.25) is 0 Å². The van der Waals surface area contributed by atoms with Gasteiger partial charge < -0.3 is 21.1 Å². The van der Waals surface area contributed by atoms with Gasteiger partial charge in [-0.15, -0.1) is 0 Å². The number of hydrogen-bond acceptors (Lipinski definition) is 7. The van der Waals surface area contributed by atoms with Crippen LogP contribution >= 0.6 is 0 Å². The second kappa shape index (κ2) is 8.59. The Morgan fingerprint density at radius 2 is 1.97 bits per heavy atom. The molecule has 1 heterocycles. The molecule has 0 saturated heterocycles. The molecule has 1 aromatic carbocycles. The maximum absolute atomic E-state index is 9.58. The fourth-order valence-corrected chi connectivity index (χ4v) is 6.52. The molecule has 4 fully saturated rings. The SMILES string of the molecule is CCOc1ccccc1CNc1ncc(C#N)c(NC[C@]23CC4C[C@H](C2)[C@@H](N)[C@@H](C4)C3)n1. The highest BCUT2D eigenvalue weighted by atomic mass is 16.5. The normalized spacial score (nSPS) is 30.0. The van der Waals surface area contributed by atoms with Gasteiger partial charge in [-0.1, -0.05) is 18.2 Å². The number of hydrogen-bond donors (Lipinski definition) is 3. The molecule has 4 saturated carbocycles. The standard InChI is InChI=1S/C25H32N6O/c1-2-32-21-6-4-3-5-17(21)13-28-24-29-14-20(12-26)23(31-24)30-15-25-9-16-7-18(10-25)22(27)19(8-16)11-25/h3-6,14,16,18-19,22H,2,7-11,13,15,27H2,1H3,(H2,28,29,30,31)/t16?,18-,19+,22-,25-. The number of nitrogens with one attached hydrogen (secondary N) is 2. The second-order valence-electron chi connectivity index (χ2n) is 9.86. The van der Waals surface area contributed by atoms with Gasteiger partial charge in [0.1, 0.15) is 23.2 Å². The maximum Gasteiger partial charge on any atom is 0.224 e. The number of para-hydroxylation sites is 1. The molecule has 0 aliphatic heterocycles. The largest absolute Gasteiger partial charge is 0.494 e. The van der Waals surface area contributed by atoms with Crippen molar-refractivity contribution in [1.82, 2.24) is 9.97 Å². The zero-order valence-corrected chi connectivity index (χ0v) is 18.7. The minimum Gasteiger partial charge on any atom is -0.494 e. The van der Waals surface area contributed by atoms with E-state index in [9.17, 15) is 5.26 Å². The first-order valence-corrected chi connectivity index (χ1v) is 11.8. The van der Waals surface area contributed by atoms with Crippen LogP contribution in [-0.2, 0) is 6.54 Å². The predicted molar refractivity (Wildman–Crippen MR) is 124 cm³/mol. The molecule has 1 aromatic heterocycles. The highest BCUT2D eigenvalue weighted by molar-refractivity contribution is 5.53. The molecule has 4 aliphatic carbocycles. The number of ether oxygens (including phenoxy) is 1. The van der Waals surface area contributed by atoms with Crippen molar-refractivity contribution in [3.8, 4) is 11.8 Å². The first kappa shape index (κ1) is 21.0. The zero-order chi connectivity index (χ0) is 22.1. The fourth-order valence-electron chi connectivity index (χ4n) is 6.52. The summed E-state index contributed by atoms with van der Waals surface area (Å²) in [5.74, 6) is 4.11. The third kappa shape index (κ3) is 4.00. The number of anilines is 2. The summed E-state index contributed by atoms with van der Waals surface area (Å²) in [4.78, 5) is 8.99. The van der Waals surface area contributed by atoms with Gasteiger partial charge in [-0.2, -0.15) is 10.2 Å². The molecule has 4 N–H and O–H groups in total. The van der Waals surface area contributed by atoms with E-state index in [2.05, 4.69) is 26.7 Å². The minimum atomic E-state index is 0.286. The van der Waals surface area contributed by atoms with E-state index in [0.717, 1.165) is 23.8 Å². The van der Waals surface area contributed by atoms with Crippen molar-refractivity contribution >= 4 is 11.8 Å². The number of nitrogens with zero attached hydrogens (tertiary/aromatic N) is 3. The van der Waals surface area contributed by atoms with Gasteiger partial charge >= 0.3 is 0 Å². The van der Waals surface area contributed by atoms with E-state index in [1.165, 1.54) is 32.1 Å². The van der Waals surface area contributed by atoms with Crippen LogP contribution in [-0.4, -0.2) is 29.2 Å². The van der Waals surface area contributed by atoms with E-state index in [1.54, 1.807) is 6.20 Å². The number of nitriles is 1. The molecule has 5 atom stereocenters. The molecule has 1 unspecified atom stereocenters. The summed E-state index contributed by atoms with van der Waals surface area (Å²) < 4.78 is 5.70. The smallest absolute Gasteiger partial charge is 0.224 e. The van der Waals surface area contributed by atoms with Crippen molar-refractivity contribution in [2.45, 2.75) is 51.6 Å². The van der Waals surface area contributed by atoms with Gasteiger partial charge in [-0.3, -0.25) is 0 Å². The Balaban J connectivity index is 1.28. The minimum absolute atomic E-state index is 0.286. The summed E-state index contributed by atoms with van der Waals surface area (Å²) in [5, 5.41) is 16.4. The summed E-state index contributed by atoms with van der Waals surface area (Å²) in [6.45, 7) is 3.99. The molecule has 7 nitrogen and oxygen atoms in total. The van der Waals surface area contributed by atoms with E-state index in [4.69, 9.17) is 10.5 Å². The molecule has 4 aliphatic rings. The third-order valence-corrected chi connectivity index (χ3v) is 7.72. The molecule has 32 heavy (non-hydrogen) atoms. The Morgan fingerprint density at radius 3 is 2.72 bits per heavy atom. The van der Waals surface area contributed by atoms with Crippen molar-refractivity contribution in [2.75, 3.05) is 23.8 Å². The average molecular weight is 433 g/mol. The van der Waals surface area contributed by atoms with Crippen molar-refractivity contribution < 1.29 is 4.74 Å². The predicted octanol–water partition coefficient (Wildman–Crippen LogP) is 3.92. The van der Waals surface area contributed by atoms with Crippen LogP contribution in [0, 0.1) is 34.5 Å². The lowest BCUT2D eigenvalue weighted by atomic mass is 9.48. The average Bonchev–Trinajstić information content (AvgIpc) is 2.80. The fraction of sp³-hybridized carbons (Fsp3) is 0.560. The second-order valence-corrected chi connectivity index (χ2v) is 9.86. The van der Waals surface area contributed by atoms with E-state index in [0.29, 0.717) is 48.4 Å². The Labute approximate surface area is 189 Å². The topological polar surface area (TPSA) is 109 Å². The van der Waals surface area contributed by atoms with E-state index < -0.39 is 0 Å². The van der Waals surface area contributed by atoms with Gasteiger partial charge in [0.15, 0.2) is 0 Å². The third-order valence-electron chi connectivity index (χ3n) is 7.72. The molecule has 6 rings (SSSR count). The van der Waals surface area contributed by atoms with Crippen LogP contribution in [0.4, 0.5) is 11.8 Å². The monoisotopic (exact) mass is 432 g/mol. The molecule has 7 heteroatoms. The zero-order valence-electron chi connectivity index (χ0n) is 18.7. The first-order valence-electron chi connectivity index (χ1n) is 11.8. The summed E-state index contributed by atoms with van der Waals surface area (Å²) in [6.07, 6.45) is 7.86. The van der Waals surface area contributed by atoms with Gasteiger partial charge in [-0.25, -0.2) is 4.98 Å². The van der Waals surface area contributed by atoms with Crippen LogP contribution in [0.5, 0.6) is 5.75 Å². The Bertz CT molecular complexity index is 1000. The van der Waals surface area contributed by atoms with E-state index in [1.807, 2.05) is 31.2 Å². The highest BCUT2D eigenvalue weighted by Gasteiger charge is 2.54. The van der Waals surface area contributed by atoms with Crippen molar-refractivity contribution in [2.24, 2.45) is 28.9 Å². The van der Waals surface area contributed by atoms with Gasteiger partial charge in [0.05, 0.1) is 12.8 Å². The molecule has 0 spiro atoms. The number of rotatable bonds is 8. The Hall–Kier alpha value is -2.85. The molecule has 168 valence electrons. The first-order chi connectivity index (χ1) is 15.6. The summed E-state index contributed by atoms with van der Waals surface area (Å²) in [6, 6.07) is 10.6. The van der Waals surface area contributed by atoms with E-state index >= 15 is 0 Å². The molecule has 2 aromatic rings. The molecule has 0 amide bonds. The van der Waals surface area contributed by atoms with Crippen LogP contribution in [0.25, 0.3) is 0 Å². The molecular formula is C25H32N6O. The number of aromatic nitrogens is 2. The van der Waals surface area contributed by atoms with Crippen LogP contribution < -0.4 is 21.1 Å². The number of benzene rings is 1. The van der Waals surface area contributed by atoms with Gasteiger partial charge in [0.2, 0.25) is 5.95 Å². The van der Waals surface area contributed by atoms with Gasteiger partial charge in [0.25, 0.3) is 0 Å². The summed E-state index contributed by atoms with van der Waals surface area (Å²) >= 11 is 0. The summed E-state index contributed by atoms with van der Waals surface area (Å²) in [7, 11) is 0.